The molecule has 2 N–H and O–H groups in total. The van der Waals surface area contributed by atoms with Gasteiger partial charge in [-0.25, -0.2) is 0 Å². The molecule has 1 aromatic carbocycles. The second-order valence-electron chi connectivity index (χ2n) is 7.95. The lowest BCUT2D eigenvalue weighted by atomic mass is 9.95. The minimum Gasteiger partial charge on any atom is -0.360 e. The van der Waals surface area contributed by atoms with E-state index in [1.165, 1.54) is 49.1 Å². The summed E-state index contributed by atoms with van der Waals surface area (Å²) in [6.45, 7) is 3.13. The smallest absolute Gasteiger partial charge is 0.169 e. The SMILES string of the molecule is C[NH+](C)CCCN(Cc1ccccc1)C(=S)N[C@H]1C[C@@H]2CC[C@@H]1C2. The maximum atomic E-state index is 5.81. The number of rotatable bonds is 7. The molecule has 4 heteroatoms. The molecule has 3 atom stereocenters. The van der Waals surface area contributed by atoms with Gasteiger partial charge in [0.2, 0.25) is 0 Å². The van der Waals surface area contributed by atoms with Gasteiger partial charge in [0, 0.05) is 25.6 Å². The van der Waals surface area contributed by atoms with Gasteiger partial charge in [0.05, 0.1) is 20.6 Å². The summed E-state index contributed by atoms with van der Waals surface area (Å²) in [6.07, 6.45) is 6.76. The minimum atomic E-state index is 0.619. The van der Waals surface area contributed by atoms with E-state index in [1.54, 1.807) is 0 Å². The number of benzene rings is 1. The highest BCUT2D eigenvalue weighted by atomic mass is 32.1. The number of hydrogen-bond donors (Lipinski definition) is 2. The third kappa shape index (κ3) is 4.70. The molecular formula is C20H32N3S+. The lowest BCUT2D eigenvalue weighted by Gasteiger charge is -2.31. The van der Waals surface area contributed by atoms with Crippen molar-refractivity contribution in [1.82, 2.24) is 10.2 Å². The maximum Gasteiger partial charge on any atom is 0.169 e. The summed E-state index contributed by atoms with van der Waals surface area (Å²) in [5.74, 6) is 1.81. The Morgan fingerprint density at radius 3 is 2.62 bits per heavy atom. The summed E-state index contributed by atoms with van der Waals surface area (Å²) >= 11 is 5.81. The molecule has 2 bridgehead atoms. The zero-order valence-corrected chi connectivity index (χ0v) is 15.9. The second kappa shape index (κ2) is 8.30. The molecule has 0 amide bonds. The first-order valence-corrected chi connectivity index (χ1v) is 9.91. The first-order chi connectivity index (χ1) is 11.6. The molecule has 2 fully saturated rings. The van der Waals surface area contributed by atoms with Crippen LogP contribution in [0.1, 0.15) is 37.7 Å². The molecule has 0 saturated heterocycles. The molecule has 2 aliphatic rings. The predicted octanol–water partition coefficient (Wildman–Crippen LogP) is 2.09. The van der Waals surface area contributed by atoms with Crippen LogP contribution in [0.5, 0.6) is 0 Å². The van der Waals surface area contributed by atoms with Crippen LogP contribution >= 0.6 is 12.2 Å². The second-order valence-corrected chi connectivity index (χ2v) is 8.34. The Bertz CT molecular complexity index is 531. The summed E-state index contributed by atoms with van der Waals surface area (Å²) in [5, 5.41) is 4.68. The van der Waals surface area contributed by atoms with Gasteiger partial charge < -0.3 is 15.1 Å². The number of quaternary nitrogens is 1. The molecular weight excluding hydrogens is 314 g/mol. The molecule has 3 rings (SSSR count). The van der Waals surface area contributed by atoms with Crippen LogP contribution in [-0.4, -0.2) is 43.2 Å². The van der Waals surface area contributed by atoms with E-state index in [4.69, 9.17) is 12.2 Å². The number of fused-ring (bicyclic) bond motifs is 2. The van der Waals surface area contributed by atoms with Crippen LogP contribution in [0.25, 0.3) is 0 Å². The fourth-order valence-electron chi connectivity index (χ4n) is 4.35. The maximum absolute atomic E-state index is 5.81. The van der Waals surface area contributed by atoms with Gasteiger partial charge in [-0.3, -0.25) is 0 Å². The van der Waals surface area contributed by atoms with Crippen molar-refractivity contribution >= 4 is 17.3 Å². The van der Waals surface area contributed by atoms with E-state index in [2.05, 4.69) is 54.6 Å². The van der Waals surface area contributed by atoms with E-state index >= 15 is 0 Å². The molecule has 2 saturated carbocycles. The van der Waals surface area contributed by atoms with Gasteiger partial charge in [-0.1, -0.05) is 36.8 Å². The van der Waals surface area contributed by atoms with E-state index in [-0.39, 0.29) is 0 Å². The van der Waals surface area contributed by atoms with E-state index in [1.807, 2.05) is 0 Å². The van der Waals surface area contributed by atoms with Crippen molar-refractivity contribution in [1.29, 1.82) is 0 Å². The van der Waals surface area contributed by atoms with Crippen molar-refractivity contribution < 1.29 is 4.90 Å². The summed E-state index contributed by atoms with van der Waals surface area (Å²) in [6, 6.07) is 11.3. The molecule has 2 aliphatic carbocycles. The van der Waals surface area contributed by atoms with Crippen LogP contribution in [0.3, 0.4) is 0 Å². The van der Waals surface area contributed by atoms with Crippen LogP contribution < -0.4 is 10.2 Å². The van der Waals surface area contributed by atoms with Crippen molar-refractivity contribution in [2.75, 3.05) is 27.2 Å². The third-order valence-electron chi connectivity index (χ3n) is 5.66. The van der Waals surface area contributed by atoms with Crippen LogP contribution in [0.2, 0.25) is 0 Å². The van der Waals surface area contributed by atoms with Crippen LogP contribution in [0.4, 0.5) is 0 Å². The highest BCUT2D eigenvalue weighted by molar-refractivity contribution is 7.80. The zero-order valence-electron chi connectivity index (χ0n) is 15.1. The van der Waals surface area contributed by atoms with Crippen molar-refractivity contribution in [3.8, 4) is 0 Å². The van der Waals surface area contributed by atoms with Crippen molar-refractivity contribution in [2.24, 2.45) is 11.8 Å². The topological polar surface area (TPSA) is 19.7 Å². The average molecular weight is 347 g/mol. The highest BCUT2D eigenvalue weighted by Crippen LogP contribution is 2.44. The predicted molar refractivity (Wildman–Crippen MR) is 104 cm³/mol. The average Bonchev–Trinajstić information content (AvgIpc) is 3.17. The molecule has 0 heterocycles. The van der Waals surface area contributed by atoms with Gasteiger partial charge in [-0.2, -0.15) is 0 Å². The van der Waals surface area contributed by atoms with E-state index in [0.29, 0.717) is 6.04 Å². The summed E-state index contributed by atoms with van der Waals surface area (Å²) in [7, 11) is 4.43. The Morgan fingerprint density at radius 1 is 1.21 bits per heavy atom. The van der Waals surface area contributed by atoms with Crippen LogP contribution in [0, 0.1) is 11.8 Å². The normalized spacial score (nSPS) is 25.2. The van der Waals surface area contributed by atoms with Crippen LogP contribution in [0.15, 0.2) is 30.3 Å². The monoisotopic (exact) mass is 346 g/mol. The summed E-state index contributed by atoms with van der Waals surface area (Å²) < 4.78 is 0. The Balaban J connectivity index is 1.58. The number of thiocarbonyl (C=S) groups is 1. The fraction of sp³-hybridized carbons (Fsp3) is 0.650. The Kier molecular flexibility index (Phi) is 6.12. The van der Waals surface area contributed by atoms with Gasteiger partial charge >= 0.3 is 0 Å². The minimum absolute atomic E-state index is 0.619. The Labute approximate surface area is 152 Å². The van der Waals surface area contributed by atoms with Crippen molar-refractivity contribution in [3.05, 3.63) is 35.9 Å². The van der Waals surface area contributed by atoms with E-state index < -0.39 is 0 Å². The van der Waals surface area contributed by atoms with Gasteiger partial charge in [0.25, 0.3) is 0 Å². The molecule has 132 valence electrons. The molecule has 1 aromatic rings. The van der Waals surface area contributed by atoms with Gasteiger partial charge in [0.15, 0.2) is 5.11 Å². The van der Waals surface area contributed by atoms with Gasteiger partial charge in [0.1, 0.15) is 0 Å². The molecule has 24 heavy (non-hydrogen) atoms. The van der Waals surface area contributed by atoms with E-state index in [0.717, 1.165) is 30.0 Å². The van der Waals surface area contributed by atoms with Crippen molar-refractivity contribution in [2.45, 2.75) is 44.7 Å². The zero-order chi connectivity index (χ0) is 16.9. The van der Waals surface area contributed by atoms with Gasteiger partial charge in [-0.15, -0.1) is 0 Å². The standard InChI is InChI=1S/C20H31N3S/c1-22(2)11-6-12-23(15-16-7-4-3-5-8-16)20(24)21-19-14-17-9-10-18(19)13-17/h3-5,7-8,17-19H,6,9-15H2,1-2H3,(H,21,24)/p+1/t17-,18-,19+/m1/s1. The summed E-state index contributed by atoms with van der Waals surface area (Å²) in [4.78, 5) is 3.88. The summed E-state index contributed by atoms with van der Waals surface area (Å²) in [5.41, 5.74) is 1.34. The largest absolute Gasteiger partial charge is 0.360 e. The number of nitrogens with zero attached hydrogens (tertiary/aromatic N) is 1. The van der Waals surface area contributed by atoms with E-state index in [9.17, 15) is 0 Å². The highest BCUT2D eigenvalue weighted by Gasteiger charge is 2.40. The van der Waals surface area contributed by atoms with Gasteiger partial charge in [-0.05, 0) is 48.9 Å². The molecule has 0 unspecified atom stereocenters. The Hall–Kier alpha value is -1.13. The fourth-order valence-corrected chi connectivity index (χ4v) is 4.66. The van der Waals surface area contributed by atoms with Crippen molar-refractivity contribution in [3.63, 3.8) is 0 Å². The lowest BCUT2D eigenvalue weighted by Crippen LogP contribution is -3.05. The quantitative estimate of drug-likeness (QED) is 0.738. The molecule has 0 radical (unpaired) electrons. The lowest BCUT2D eigenvalue weighted by molar-refractivity contribution is -0.858. The first-order valence-electron chi connectivity index (χ1n) is 9.50. The third-order valence-corrected chi connectivity index (χ3v) is 6.03. The Morgan fingerprint density at radius 2 is 2.00 bits per heavy atom. The first kappa shape index (κ1) is 17.7. The number of hydrogen-bond acceptors (Lipinski definition) is 1. The molecule has 0 spiro atoms. The molecule has 0 aliphatic heterocycles. The molecule has 0 aromatic heterocycles. The van der Waals surface area contributed by atoms with Crippen LogP contribution in [-0.2, 0) is 6.54 Å². The number of nitrogens with one attached hydrogen (secondary N) is 2. The molecule has 3 nitrogen and oxygen atoms in total.